The van der Waals surface area contributed by atoms with E-state index in [2.05, 4.69) is 4.74 Å². The molecule has 0 aliphatic carbocycles. The number of cyclic esters (lactones) is 1. The van der Waals surface area contributed by atoms with Crippen molar-refractivity contribution in [1.82, 2.24) is 0 Å². The molecule has 8 heavy (non-hydrogen) atoms. The van der Waals surface area contributed by atoms with E-state index in [1.807, 2.05) is 13.8 Å². The monoisotopic (exact) mass is 112 g/mol. The minimum absolute atomic E-state index is 0.0347. The SMILES string of the molecule is C/C=C1\C(=O)OC1C. The summed E-state index contributed by atoms with van der Waals surface area (Å²) in [7, 11) is 0. The zero-order chi connectivity index (χ0) is 6.15. The fourth-order valence-electron chi connectivity index (χ4n) is 0.753. The Hall–Kier alpha value is -0.790. The van der Waals surface area contributed by atoms with Gasteiger partial charge in [0.15, 0.2) is 0 Å². The van der Waals surface area contributed by atoms with Gasteiger partial charge in [-0.15, -0.1) is 0 Å². The summed E-state index contributed by atoms with van der Waals surface area (Å²) < 4.78 is 4.64. The second kappa shape index (κ2) is 1.62. The molecule has 1 fully saturated rings. The molecule has 0 aromatic carbocycles. The fourth-order valence-corrected chi connectivity index (χ4v) is 0.753. The lowest BCUT2D eigenvalue weighted by molar-refractivity contribution is -0.154. The first kappa shape index (κ1) is 5.35. The van der Waals surface area contributed by atoms with E-state index in [0.29, 0.717) is 0 Å². The zero-order valence-corrected chi connectivity index (χ0v) is 4.97. The van der Waals surface area contributed by atoms with Crippen molar-refractivity contribution in [3.05, 3.63) is 11.6 Å². The molecular weight excluding hydrogens is 104 g/mol. The van der Waals surface area contributed by atoms with Crippen LogP contribution < -0.4 is 0 Å². The predicted octanol–water partition coefficient (Wildman–Crippen LogP) is 0.878. The van der Waals surface area contributed by atoms with Gasteiger partial charge in [0.25, 0.3) is 0 Å². The number of carbonyl (C=O) groups excluding carboxylic acids is 1. The lowest BCUT2D eigenvalue weighted by atomic mass is 10.1. The molecule has 0 bridgehead atoms. The van der Waals surface area contributed by atoms with Crippen LogP contribution in [0.3, 0.4) is 0 Å². The first-order chi connectivity index (χ1) is 3.75. The molecule has 1 unspecified atom stereocenters. The molecule has 0 aromatic rings. The fraction of sp³-hybridized carbons (Fsp3) is 0.500. The van der Waals surface area contributed by atoms with E-state index in [1.165, 1.54) is 0 Å². The van der Waals surface area contributed by atoms with E-state index in [0.717, 1.165) is 5.57 Å². The van der Waals surface area contributed by atoms with Crippen LogP contribution in [0.5, 0.6) is 0 Å². The van der Waals surface area contributed by atoms with Gasteiger partial charge in [-0.25, -0.2) is 4.79 Å². The Morgan fingerprint density at radius 1 is 1.75 bits per heavy atom. The maximum absolute atomic E-state index is 10.4. The van der Waals surface area contributed by atoms with Gasteiger partial charge >= 0.3 is 5.97 Å². The van der Waals surface area contributed by atoms with Gasteiger partial charge in [0.1, 0.15) is 6.10 Å². The summed E-state index contributed by atoms with van der Waals surface area (Å²) in [5.74, 6) is -0.167. The average Bonchev–Trinajstić information content (AvgIpc) is 1.67. The standard InChI is InChI=1S/C6H8O2/c1-3-5-4(2)8-6(5)7/h3-4H,1-2H3/b5-3-. The molecule has 1 saturated heterocycles. The van der Waals surface area contributed by atoms with Crippen molar-refractivity contribution in [2.45, 2.75) is 20.0 Å². The summed E-state index contributed by atoms with van der Waals surface area (Å²) in [6.07, 6.45) is 1.82. The van der Waals surface area contributed by atoms with Gasteiger partial charge < -0.3 is 4.74 Å². The lowest BCUT2D eigenvalue weighted by Gasteiger charge is -2.24. The Morgan fingerprint density at radius 2 is 2.38 bits per heavy atom. The van der Waals surface area contributed by atoms with Gasteiger partial charge in [-0.3, -0.25) is 0 Å². The second-order valence-corrected chi connectivity index (χ2v) is 1.79. The number of allylic oxidation sites excluding steroid dienone is 1. The van der Waals surface area contributed by atoms with Gasteiger partial charge in [-0.1, -0.05) is 6.08 Å². The van der Waals surface area contributed by atoms with Gasteiger partial charge in [0.05, 0.1) is 5.57 Å². The average molecular weight is 112 g/mol. The van der Waals surface area contributed by atoms with E-state index >= 15 is 0 Å². The van der Waals surface area contributed by atoms with Crippen LogP contribution in [0.2, 0.25) is 0 Å². The van der Waals surface area contributed by atoms with Gasteiger partial charge in [-0.2, -0.15) is 0 Å². The Kier molecular flexibility index (Phi) is 1.08. The van der Waals surface area contributed by atoms with Crippen LogP contribution in [0.15, 0.2) is 11.6 Å². The summed E-state index contributed by atoms with van der Waals surface area (Å²) in [6, 6.07) is 0. The Bertz CT molecular complexity index is 147. The number of esters is 1. The molecule has 44 valence electrons. The number of carbonyl (C=O) groups is 1. The summed E-state index contributed by atoms with van der Waals surface area (Å²) in [6.45, 7) is 3.70. The van der Waals surface area contributed by atoms with Crippen LogP contribution in [0.1, 0.15) is 13.8 Å². The van der Waals surface area contributed by atoms with Crippen molar-refractivity contribution < 1.29 is 9.53 Å². The molecule has 0 aromatic heterocycles. The minimum Gasteiger partial charge on any atom is -0.454 e. The first-order valence-electron chi connectivity index (χ1n) is 2.63. The van der Waals surface area contributed by atoms with Crippen molar-refractivity contribution in [1.29, 1.82) is 0 Å². The summed E-state index contributed by atoms with van der Waals surface area (Å²) in [5, 5.41) is 0. The molecule has 2 nitrogen and oxygen atoms in total. The van der Waals surface area contributed by atoms with Crippen LogP contribution in [-0.2, 0) is 9.53 Å². The molecule has 0 saturated carbocycles. The molecular formula is C6H8O2. The highest BCUT2D eigenvalue weighted by Gasteiger charge is 2.30. The van der Waals surface area contributed by atoms with E-state index in [4.69, 9.17) is 0 Å². The number of hydrogen-bond donors (Lipinski definition) is 0. The summed E-state index contributed by atoms with van der Waals surface area (Å²) in [5.41, 5.74) is 0.796. The van der Waals surface area contributed by atoms with Gasteiger partial charge in [0.2, 0.25) is 0 Å². The molecule has 0 spiro atoms. The molecule has 1 atom stereocenters. The molecule has 1 heterocycles. The van der Waals surface area contributed by atoms with Gasteiger partial charge in [-0.05, 0) is 13.8 Å². The summed E-state index contributed by atoms with van der Waals surface area (Å²) >= 11 is 0. The largest absolute Gasteiger partial charge is 0.454 e. The number of ether oxygens (including phenoxy) is 1. The first-order valence-corrected chi connectivity index (χ1v) is 2.63. The van der Waals surface area contributed by atoms with Crippen molar-refractivity contribution >= 4 is 5.97 Å². The van der Waals surface area contributed by atoms with Crippen LogP contribution in [0.4, 0.5) is 0 Å². The van der Waals surface area contributed by atoms with Gasteiger partial charge in [0, 0.05) is 0 Å². The Labute approximate surface area is 48.1 Å². The zero-order valence-electron chi connectivity index (χ0n) is 4.97. The second-order valence-electron chi connectivity index (χ2n) is 1.79. The van der Waals surface area contributed by atoms with Crippen LogP contribution >= 0.6 is 0 Å². The maximum atomic E-state index is 10.4. The third-order valence-corrected chi connectivity index (χ3v) is 1.27. The topological polar surface area (TPSA) is 26.3 Å². The van der Waals surface area contributed by atoms with Crippen molar-refractivity contribution in [2.75, 3.05) is 0 Å². The molecule has 0 N–H and O–H groups in total. The van der Waals surface area contributed by atoms with Crippen molar-refractivity contribution in [3.63, 3.8) is 0 Å². The molecule has 1 rings (SSSR count). The van der Waals surface area contributed by atoms with E-state index < -0.39 is 0 Å². The third kappa shape index (κ3) is 0.529. The van der Waals surface area contributed by atoms with Crippen LogP contribution in [0, 0.1) is 0 Å². The smallest absolute Gasteiger partial charge is 0.338 e. The van der Waals surface area contributed by atoms with E-state index in [1.54, 1.807) is 6.08 Å². The normalized spacial score (nSPS) is 32.0. The number of rotatable bonds is 0. The van der Waals surface area contributed by atoms with Crippen LogP contribution in [-0.4, -0.2) is 12.1 Å². The third-order valence-electron chi connectivity index (χ3n) is 1.27. The van der Waals surface area contributed by atoms with Crippen molar-refractivity contribution in [2.24, 2.45) is 0 Å². The lowest BCUT2D eigenvalue weighted by Crippen LogP contribution is -2.33. The maximum Gasteiger partial charge on any atom is 0.338 e. The minimum atomic E-state index is -0.167. The molecule has 1 aliphatic rings. The highest BCUT2D eigenvalue weighted by molar-refractivity contribution is 5.95. The quantitative estimate of drug-likeness (QED) is 0.343. The Balaban J connectivity index is 2.66. The van der Waals surface area contributed by atoms with Crippen molar-refractivity contribution in [3.8, 4) is 0 Å². The molecule has 1 aliphatic heterocycles. The molecule has 0 amide bonds. The molecule has 2 heteroatoms. The predicted molar refractivity (Wildman–Crippen MR) is 29.3 cm³/mol. The highest BCUT2D eigenvalue weighted by atomic mass is 16.6. The summed E-state index contributed by atoms with van der Waals surface area (Å²) in [4.78, 5) is 10.4. The van der Waals surface area contributed by atoms with E-state index in [9.17, 15) is 4.79 Å². The number of hydrogen-bond acceptors (Lipinski definition) is 2. The van der Waals surface area contributed by atoms with Crippen LogP contribution in [0.25, 0.3) is 0 Å². The highest BCUT2D eigenvalue weighted by Crippen LogP contribution is 2.19. The molecule has 0 radical (unpaired) electrons. The van der Waals surface area contributed by atoms with E-state index in [-0.39, 0.29) is 12.1 Å². The Morgan fingerprint density at radius 3 is 2.50 bits per heavy atom.